The Balaban J connectivity index is 2.81. The van der Waals surface area contributed by atoms with Crippen molar-refractivity contribution in [1.82, 2.24) is 14.9 Å². The molecule has 10 heteroatoms. The molecule has 0 aromatic carbocycles. The predicted molar refractivity (Wildman–Crippen MR) is 55.8 cm³/mol. The highest BCUT2D eigenvalue weighted by molar-refractivity contribution is 7.91. The van der Waals surface area contributed by atoms with Gasteiger partial charge in [-0.3, -0.25) is 5.10 Å². The lowest BCUT2D eigenvalue weighted by Crippen LogP contribution is -2.35. The average Bonchev–Trinajstić information content (AvgIpc) is 2.48. The summed E-state index contributed by atoms with van der Waals surface area (Å²) in [7, 11) is -3.05. The quantitative estimate of drug-likeness (QED) is 0.559. The van der Waals surface area contributed by atoms with Gasteiger partial charge in [-0.25, -0.2) is 14.2 Å². The summed E-state index contributed by atoms with van der Waals surface area (Å²) in [5.41, 5.74) is 6.17. The van der Waals surface area contributed by atoms with Crippen LogP contribution in [-0.4, -0.2) is 31.8 Å². The summed E-state index contributed by atoms with van der Waals surface area (Å²) in [6.45, 7) is 1.62. The van der Waals surface area contributed by atoms with Crippen LogP contribution in [0.25, 0.3) is 0 Å². The Morgan fingerprint density at radius 2 is 2.19 bits per heavy atom. The molecule has 0 aliphatic rings. The Morgan fingerprint density at radius 1 is 1.56 bits per heavy atom. The number of nitrogens with one attached hydrogen (secondary N) is 3. The van der Waals surface area contributed by atoms with Crippen LogP contribution in [0.5, 0.6) is 0 Å². The molecule has 90 valence electrons. The molecule has 1 aromatic rings. The number of amides is 1. The van der Waals surface area contributed by atoms with Gasteiger partial charge in [-0.2, -0.15) is 13.5 Å². The monoisotopic (exact) mass is 249 g/mol. The molecule has 0 fully saturated rings. The van der Waals surface area contributed by atoms with Crippen LogP contribution >= 0.6 is 0 Å². The molecule has 0 aliphatic heterocycles. The van der Waals surface area contributed by atoms with Gasteiger partial charge < -0.3 is 10.5 Å². The van der Waals surface area contributed by atoms with Crippen LogP contribution in [0.3, 0.4) is 0 Å². The number of hydrogen-bond acceptors (Lipinski definition) is 6. The molecule has 0 aliphatic carbocycles. The van der Waals surface area contributed by atoms with Gasteiger partial charge in [0.15, 0.2) is 5.82 Å². The normalized spacial score (nSPS) is 10.9. The molecule has 0 saturated heterocycles. The van der Waals surface area contributed by atoms with Crippen molar-refractivity contribution >= 4 is 27.8 Å². The van der Waals surface area contributed by atoms with Crippen LogP contribution < -0.4 is 15.2 Å². The van der Waals surface area contributed by atoms with Crippen LogP contribution in [-0.2, 0) is 14.9 Å². The number of anilines is 2. The van der Waals surface area contributed by atoms with Crippen molar-refractivity contribution in [3.05, 3.63) is 5.69 Å². The summed E-state index contributed by atoms with van der Waals surface area (Å²) in [5.74, 6) is -0.0890. The van der Waals surface area contributed by atoms with Gasteiger partial charge >= 0.3 is 16.3 Å². The lowest BCUT2D eigenvalue weighted by atomic mass is 10.4. The third-order valence-electron chi connectivity index (χ3n) is 1.63. The van der Waals surface area contributed by atoms with Gasteiger partial charge in [-0.15, -0.1) is 0 Å². The van der Waals surface area contributed by atoms with Crippen molar-refractivity contribution in [2.45, 2.75) is 6.92 Å². The molecule has 5 N–H and O–H groups in total. The SMILES string of the molecule is COC(=O)NS(=O)(=O)Nc1n[nH]c(C)c1N. The van der Waals surface area contributed by atoms with Crippen LogP contribution in [0, 0.1) is 6.92 Å². The molecule has 1 heterocycles. The summed E-state index contributed by atoms with van der Waals surface area (Å²) in [5, 5.41) is 6.08. The summed E-state index contributed by atoms with van der Waals surface area (Å²) < 4.78 is 30.3. The maximum absolute atomic E-state index is 11.3. The molecular weight excluding hydrogens is 238 g/mol. The molecule has 0 bridgehead atoms. The maximum Gasteiger partial charge on any atom is 0.422 e. The van der Waals surface area contributed by atoms with Crippen molar-refractivity contribution < 1.29 is 17.9 Å². The summed E-state index contributed by atoms with van der Waals surface area (Å²) in [6, 6.07) is 0. The highest BCUT2D eigenvalue weighted by Gasteiger charge is 2.18. The van der Waals surface area contributed by atoms with E-state index in [1.807, 2.05) is 4.72 Å². The first kappa shape index (κ1) is 12.1. The number of rotatable bonds is 3. The summed E-state index contributed by atoms with van der Waals surface area (Å²) in [4.78, 5) is 10.7. The predicted octanol–water partition coefficient (Wildman–Crippen LogP) is -0.687. The molecule has 16 heavy (non-hydrogen) atoms. The Bertz CT molecular complexity index is 493. The van der Waals surface area contributed by atoms with Crippen molar-refractivity contribution in [1.29, 1.82) is 0 Å². The van der Waals surface area contributed by atoms with E-state index in [1.165, 1.54) is 0 Å². The Morgan fingerprint density at radius 3 is 2.62 bits per heavy atom. The number of nitrogens with two attached hydrogens (primary N) is 1. The first-order chi connectivity index (χ1) is 7.35. The fraction of sp³-hybridized carbons (Fsp3) is 0.333. The highest BCUT2D eigenvalue weighted by atomic mass is 32.2. The number of nitrogens with zero attached hydrogens (tertiary/aromatic N) is 1. The van der Waals surface area contributed by atoms with Gasteiger partial charge in [0.05, 0.1) is 18.5 Å². The minimum atomic E-state index is -4.09. The molecule has 0 spiro atoms. The lowest BCUT2D eigenvalue weighted by Gasteiger charge is -2.06. The number of methoxy groups -OCH3 is 1. The Labute approximate surface area is 91.5 Å². The second-order valence-corrected chi connectivity index (χ2v) is 4.23. The molecular formula is C6H11N5O4S. The van der Waals surface area contributed by atoms with E-state index in [-0.39, 0.29) is 11.5 Å². The van der Waals surface area contributed by atoms with E-state index in [0.29, 0.717) is 5.69 Å². The van der Waals surface area contributed by atoms with Gasteiger partial charge in [-0.05, 0) is 6.92 Å². The molecule has 9 nitrogen and oxygen atoms in total. The zero-order valence-corrected chi connectivity index (χ0v) is 9.38. The number of H-pyrrole nitrogens is 1. The number of carbonyl (C=O) groups excluding carboxylic acids is 1. The first-order valence-electron chi connectivity index (χ1n) is 4.04. The van der Waals surface area contributed by atoms with Gasteiger partial charge in [0.25, 0.3) is 0 Å². The van der Waals surface area contributed by atoms with E-state index >= 15 is 0 Å². The molecule has 0 saturated carbocycles. The Kier molecular flexibility index (Phi) is 3.22. The standard InChI is InChI=1S/C6H11N5O4S/c1-3-4(7)5(9-8-3)10-16(13,14)11-6(12)15-2/h7H2,1-2H3,(H,11,12)(H2,8,9,10). The van der Waals surface area contributed by atoms with Gasteiger partial charge in [0.1, 0.15) is 0 Å². The number of aromatic amines is 1. The minimum Gasteiger partial charge on any atom is -0.452 e. The van der Waals surface area contributed by atoms with Crippen LogP contribution in [0.15, 0.2) is 0 Å². The fourth-order valence-electron chi connectivity index (χ4n) is 0.820. The highest BCUT2D eigenvalue weighted by Crippen LogP contribution is 2.18. The van der Waals surface area contributed by atoms with E-state index in [9.17, 15) is 13.2 Å². The van der Waals surface area contributed by atoms with E-state index in [0.717, 1.165) is 7.11 Å². The largest absolute Gasteiger partial charge is 0.452 e. The third-order valence-corrected chi connectivity index (χ3v) is 2.53. The zero-order valence-electron chi connectivity index (χ0n) is 8.57. The summed E-state index contributed by atoms with van der Waals surface area (Å²) in [6.07, 6.45) is -1.11. The van der Waals surface area contributed by atoms with Crippen LogP contribution in [0.2, 0.25) is 0 Å². The van der Waals surface area contributed by atoms with E-state index in [2.05, 4.69) is 14.9 Å². The molecule has 1 amide bonds. The van der Waals surface area contributed by atoms with Gasteiger partial charge in [0.2, 0.25) is 0 Å². The molecule has 1 aromatic heterocycles. The van der Waals surface area contributed by atoms with Gasteiger partial charge in [0, 0.05) is 0 Å². The maximum atomic E-state index is 11.3. The number of nitrogen functional groups attached to an aromatic ring is 1. The van der Waals surface area contributed by atoms with Crippen molar-refractivity contribution in [3.63, 3.8) is 0 Å². The van der Waals surface area contributed by atoms with Crippen molar-refractivity contribution in [2.75, 3.05) is 17.6 Å². The van der Waals surface area contributed by atoms with Crippen LogP contribution in [0.4, 0.5) is 16.3 Å². The smallest absolute Gasteiger partial charge is 0.422 e. The molecule has 0 unspecified atom stereocenters. The number of aromatic nitrogens is 2. The average molecular weight is 249 g/mol. The third kappa shape index (κ3) is 2.76. The van der Waals surface area contributed by atoms with Crippen LogP contribution in [0.1, 0.15) is 5.69 Å². The number of aryl methyl sites for hydroxylation is 1. The first-order valence-corrected chi connectivity index (χ1v) is 5.53. The fourth-order valence-corrected chi connectivity index (χ4v) is 1.58. The second-order valence-electron chi connectivity index (χ2n) is 2.81. The van der Waals surface area contributed by atoms with Crippen molar-refractivity contribution in [3.8, 4) is 0 Å². The number of hydrogen-bond donors (Lipinski definition) is 4. The number of carbonyl (C=O) groups is 1. The summed E-state index contributed by atoms with van der Waals surface area (Å²) >= 11 is 0. The Hall–Kier alpha value is -1.97. The molecule has 0 atom stereocenters. The minimum absolute atomic E-state index is 0.0890. The lowest BCUT2D eigenvalue weighted by molar-refractivity contribution is 0.177. The number of ether oxygens (including phenoxy) is 1. The van der Waals surface area contributed by atoms with E-state index in [1.54, 1.807) is 11.6 Å². The van der Waals surface area contributed by atoms with Gasteiger partial charge in [-0.1, -0.05) is 0 Å². The second kappa shape index (κ2) is 4.26. The van der Waals surface area contributed by atoms with E-state index < -0.39 is 16.3 Å². The van der Waals surface area contributed by atoms with Crippen molar-refractivity contribution in [2.24, 2.45) is 0 Å². The topological polar surface area (TPSA) is 139 Å². The molecule has 0 radical (unpaired) electrons. The van der Waals surface area contributed by atoms with E-state index in [4.69, 9.17) is 5.73 Å². The molecule has 1 rings (SSSR count). The zero-order chi connectivity index (χ0) is 12.3.